The first-order chi connectivity index (χ1) is 10.3. The van der Waals surface area contributed by atoms with E-state index in [4.69, 9.17) is 4.42 Å². The Balaban J connectivity index is 1.85. The summed E-state index contributed by atoms with van der Waals surface area (Å²) < 4.78 is 5.49. The van der Waals surface area contributed by atoms with Gasteiger partial charge in [0.05, 0.1) is 6.26 Å². The monoisotopic (exact) mass is 282 g/mol. The van der Waals surface area contributed by atoms with Crippen LogP contribution in [-0.4, -0.2) is 19.0 Å². The van der Waals surface area contributed by atoms with Crippen LogP contribution in [0.15, 0.2) is 64.3 Å². The molecule has 1 atom stereocenters. The number of hydrogen-bond donors (Lipinski definition) is 2. The highest BCUT2D eigenvalue weighted by molar-refractivity contribution is 5.94. The Morgan fingerprint density at radius 3 is 2.52 bits per heavy atom. The summed E-state index contributed by atoms with van der Waals surface area (Å²) in [6, 6.07) is 13.3. The van der Waals surface area contributed by atoms with Crippen molar-refractivity contribution in [1.82, 2.24) is 10.6 Å². The summed E-state index contributed by atoms with van der Waals surface area (Å²) in [5.74, 6) is 0.691. The van der Waals surface area contributed by atoms with Crippen LogP contribution < -0.4 is 10.6 Å². The molecule has 1 amide bonds. The number of carbonyl (C=O) groups excluding carboxylic acids is 1. The largest absolute Gasteiger partial charge is 0.467 e. The molecule has 0 saturated carbocycles. The van der Waals surface area contributed by atoms with Crippen LogP contribution in [-0.2, 0) is 4.79 Å². The van der Waals surface area contributed by atoms with Crippen molar-refractivity contribution in [1.29, 1.82) is 0 Å². The van der Waals surface area contributed by atoms with Crippen molar-refractivity contribution in [3.05, 3.63) is 71.2 Å². The van der Waals surface area contributed by atoms with E-state index in [1.54, 1.807) is 6.26 Å². The molecule has 4 nitrogen and oxygen atoms in total. The Morgan fingerprint density at radius 1 is 1.19 bits per heavy atom. The molecule has 0 radical (unpaired) electrons. The topological polar surface area (TPSA) is 54.3 Å². The number of carbonyl (C=O) groups is 1. The van der Waals surface area contributed by atoms with Gasteiger partial charge in [0.15, 0.2) is 0 Å². The Labute approximate surface area is 123 Å². The van der Waals surface area contributed by atoms with E-state index in [1.807, 2.05) is 49.4 Å². The van der Waals surface area contributed by atoms with Gasteiger partial charge in [-0.15, -0.1) is 0 Å². The Kier molecular flexibility index (Phi) is 3.88. The molecule has 108 valence electrons. The van der Waals surface area contributed by atoms with Crippen molar-refractivity contribution >= 4 is 5.91 Å². The summed E-state index contributed by atoms with van der Waals surface area (Å²) in [5.41, 5.74) is 2.96. The van der Waals surface area contributed by atoms with Crippen molar-refractivity contribution in [3.63, 3.8) is 0 Å². The minimum Gasteiger partial charge on any atom is -0.467 e. The Hall–Kier alpha value is -2.33. The van der Waals surface area contributed by atoms with E-state index < -0.39 is 0 Å². The standard InChI is InChI=1S/C17H18N2O2/c1-12(14-10-18-11-14)17(20)19-16(15-8-5-9-21-15)13-6-3-2-4-7-13/h2-9,16,18H,10-11H2,1H3,(H,19,20). The van der Waals surface area contributed by atoms with Gasteiger partial charge in [0.1, 0.15) is 11.8 Å². The molecule has 0 spiro atoms. The first kappa shape index (κ1) is 13.6. The lowest BCUT2D eigenvalue weighted by Gasteiger charge is -2.23. The van der Waals surface area contributed by atoms with Gasteiger partial charge in [0.2, 0.25) is 5.91 Å². The molecule has 0 bridgehead atoms. The first-order valence-electron chi connectivity index (χ1n) is 7.04. The Morgan fingerprint density at radius 2 is 1.95 bits per heavy atom. The summed E-state index contributed by atoms with van der Waals surface area (Å²) in [4.78, 5) is 12.4. The highest BCUT2D eigenvalue weighted by Crippen LogP contribution is 2.23. The van der Waals surface area contributed by atoms with Crippen LogP contribution in [0.4, 0.5) is 0 Å². The molecule has 1 aliphatic rings. The molecular formula is C17H18N2O2. The molecule has 2 heterocycles. The molecule has 2 aromatic rings. The molecule has 3 rings (SSSR count). The molecule has 1 aromatic carbocycles. The van der Waals surface area contributed by atoms with Gasteiger partial charge in [-0.3, -0.25) is 4.79 Å². The van der Waals surface area contributed by atoms with E-state index in [2.05, 4.69) is 10.6 Å². The molecule has 1 unspecified atom stereocenters. The minimum absolute atomic E-state index is 0.0447. The quantitative estimate of drug-likeness (QED) is 0.847. The highest BCUT2D eigenvalue weighted by atomic mass is 16.3. The van der Waals surface area contributed by atoms with Crippen LogP contribution in [0.3, 0.4) is 0 Å². The number of furan rings is 1. The number of benzene rings is 1. The van der Waals surface area contributed by atoms with Crippen LogP contribution in [0.2, 0.25) is 0 Å². The maximum absolute atomic E-state index is 12.4. The summed E-state index contributed by atoms with van der Waals surface area (Å²) in [6.07, 6.45) is 1.62. The number of nitrogens with one attached hydrogen (secondary N) is 2. The first-order valence-corrected chi connectivity index (χ1v) is 7.04. The summed E-state index contributed by atoms with van der Waals surface area (Å²) in [6.45, 7) is 3.47. The van der Waals surface area contributed by atoms with Crippen molar-refractivity contribution < 1.29 is 9.21 Å². The van der Waals surface area contributed by atoms with Crippen LogP contribution in [0.5, 0.6) is 0 Å². The molecule has 0 aliphatic carbocycles. The average molecular weight is 282 g/mol. The van der Waals surface area contributed by atoms with E-state index in [0.29, 0.717) is 0 Å². The third-order valence-corrected chi connectivity index (χ3v) is 3.78. The molecular weight excluding hydrogens is 264 g/mol. The van der Waals surface area contributed by atoms with Gasteiger partial charge in [0, 0.05) is 18.7 Å². The lowest BCUT2D eigenvalue weighted by Crippen LogP contribution is -2.38. The lowest BCUT2D eigenvalue weighted by molar-refractivity contribution is -0.118. The zero-order valence-corrected chi connectivity index (χ0v) is 11.9. The van der Waals surface area contributed by atoms with Crippen LogP contribution in [0, 0.1) is 0 Å². The molecule has 1 aliphatic heterocycles. The van der Waals surface area contributed by atoms with Crippen LogP contribution in [0.25, 0.3) is 0 Å². The fourth-order valence-corrected chi connectivity index (χ4v) is 2.33. The molecule has 21 heavy (non-hydrogen) atoms. The smallest absolute Gasteiger partial charge is 0.247 e. The Bertz CT molecular complexity index is 639. The van der Waals surface area contributed by atoms with Gasteiger partial charge in [-0.1, -0.05) is 30.3 Å². The third kappa shape index (κ3) is 2.90. The average Bonchev–Trinajstić information content (AvgIpc) is 2.97. The minimum atomic E-state index is -0.266. The van der Waals surface area contributed by atoms with Gasteiger partial charge in [-0.05, 0) is 30.2 Å². The van der Waals surface area contributed by atoms with Crippen LogP contribution >= 0.6 is 0 Å². The van der Waals surface area contributed by atoms with Gasteiger partial charge in [0.25, 0.3) is 0 Å². The van der Waals surface area contributed by atoms with Gasteiger partial charge in [-0.25, -0.2) is 0 Å². The maximum Gasteiger partial charge on any atom is 0.247 e. The fraction of sp³-hybridized carbons (Fsp3) is 0.235. The van der Waals surface area contributed by atoms with E-state index in [-0.39, 0.29) is 11.9 Å². The normalized spacial score (nSPS) is 15.2. The highest BCUT2D eigenvalue weighted by Gasteiger charge is 2.22. The maximum atomic E-state index is 12.4. The zero-order chi connectivity index (χ0) is 14.7. The third-order valence-electron chi connectivity index (χ3n) is 3.78. The second-order valence-corrected chi connectivity index (χ2v) is 5.16. The van der Waals surface area contributed by atoms with Gasteiger partial charge >= 0.3 is 0 Å². The number of hydrogen-bond acceptors (Lipinski definition) is 3. The molecule has 1 aromatic heterocycles. The molecule has 1 fully saturated rings. The van der Waals surface area contributed by atoms with Crippen molar-refractivity contribution in [2.45, 2.75) is 13.0 Å². The number of rotatable bonds is 4. The lowest BCUT2D eigenvalue weighted by atomic mass is 10.0. The van der Waals surface area contributed by atoms with Crippen molar-refractivity contribution in [2.75, 3.05) is 13.1 Å². The second kappa shape index (κ2) is 5.97. The zero-order valence-electron chi connectivity index (χ0n) is 11.9. The predicted octanol–water partition coefficient (Wildman–Crippen LogP) is 2.40. The molecule has 4 heteroatoms. The van der Waals surface area contributed by atoms with Crippen molar-refractivity contribution in [3.8, 4) is 0 Å². The van der Waals surface area contributed by atoms with E-state index in [9.17, 15) is 4.79 Å². The SMILES string of the molecule is CC(C(=O)NC(c1ccccc1)c1ccco1)=C1CNC1. The summed E-state index contributed by atoms with van der Waals surface area (Å²) >= 11 is 0. The molecule has 2 N–H and O–H groups in total. The predicted molar refractivity (Wildman–Crippen MR) is 80.7 cm³/mol. The van der Waals surface area contributed by atoms with Crippen LogP contribution in [0.1, 0.15) is 24.3 Å². The molecule has 1 saturated heterocycles. The van der Waals surface area contributed by atoms with E-state index >= 15 is 0 Å². The fourth-order valence-electron chi connectivity index (χ4n) is 2.33. The number of amides is 1. The second-order valence-electron chi connectivity index (χ2n) is 5.16. The van der Waals surface area contributed by atoms with E-state index in [1.165, 1.54) is 5.57 Å². The van der Waals surface area contributed by atoms with Gasteiger partial charge < -0.3 is 15.1 Å². The summed E-state index contributed by atoms with van der Waals surface area (Å²) in [7, 11) is 0. The summed E-state index contributed by atoms with van der Waals surface area (Å²) in [5, 5.41) is 6.22. The van der Waals surface area contributed by atoms with Crippen molar-refractivity contribution in [2.24, 2.45) is 0 Å². The van der Waals surface area contributed by atoms with Gasteiger partial charge in [-0.2, -0.15) is 0 Å². The van der Waals surface area contributed by atoms with E-state index in [0.717, 1.165) is 30.0 Å².